The number of benzene rings is 4. The maximum absolute atomic E-state index is 12.9. The number of hydrogen-bond donors (Lipinski definition) is 3. The van der Waals surface area contributed by atoms with E-state index in [1.165, 1.54) is 36.4 Å². The first-order valence-electron chi connectivity index (χ1n) is 11.2. The molecule has 3 N–H and O–H groups in total. The number of anilines is 3. The number of aryl methyl sites for hydroxylation is 2. The molecule has 0 bridgehead atoms. The quantitative estimate of drug-likeness (QED) is 0.288. The van der Waals surface area contributed by atoms with Crippen molar-refractivity contribution in [3.63, 3.8) is 0 Å². The Kier molecular flexibility index (Phi) is 7.33. The van der Waals surface area contributed by atoms with E-state index in [2.05, 4.69) is 14.8 Å². The van der Waals surface area contributed by atoms with E-state index in [1.54, 1.807) is 68.4 Å². The molecule has 0 spiro atoms. The predicted molar refractivity (Wildman–Crippen MR) is 145 cm³/mol. The third kappa shape index (κ3) is 6.16. The highest BCUT2D eigenvalue weighted by Gasteiger charge is 2.20. The van der Waals surface area contributed by atoms with Gasteiger partial charge in [0.05, 0.1) is 15.5 Å². The minimum Gasteiger partial charge on any atom is -0.322 e. The van der Waals surface area contributed by atoms with Crippen LogP contribution in [0.25, 0.3) is 0 Å². The van der Waals surface area contributed by atoms with E-state index >= 15 is 0 Å². The van der Waals surface area contributed by atoms with Crippen molar-refractivity contribution < 1.29 is 21.6 Å². The summed E-state index contributed by atoms with van der Waals surface area (Å²) in [4.78, 5) is 12.9. The van der Waals surface area contributed by atoms with E-state index in [-0.39, 0.29) is 15.4 Å². The highest BCUT2D eigenvalue weighted by Crippen LogP contribution is 2.23. The molecule has 0 aromatic heterocycles. The van der Waals surface area contributed by atoms with Crippen LogP contribution in [0.4, 0.5) is 17.1 Å². The van der Waals surface area contributed by atoms with Gasteiger partial charge >= 0.3 is 0 Å². The fraction of sp³-hybridized carbons (Fsp3) is 0.0741. The maximum atomic E-state index is 12.9. The van der Waals surface area contributed by atoms with E-state index in [1.807, 2.05) is 6.07 Å². The van der Waals surface area contributed by atoms with Gasteiger partial charge in [0.25, 0.3) is 26.0 Å². The van der Waals surface area contributed by atoms with Gasteiger partial charge in [-0.2, -0.15) is 0 Å². The van der Waals surface area contributed by atoms with Crippen molar-refractivity contribution >= 4 is 43.0 Å². The van der Waals surface area contributed by atoms with Gasteiger partial charge < -0.3 is 5.32 Å². The highest BCUT2D eigenvalue weighted by atomic mass is 32.2. The first-order chi connectivity index (χ1) is 17.5. The fourth-order valence-corrected chi connectivity index (χ4v) is 6.02. The number of carbonyl (C=O) groups is 1. The molecular formula is C27H25N3O5S2. The maximum Gasteiger partial charge on any atom is 0.262 e. The van der Waals surface area contributed by atoms with Crippen molar-refractivity contribution in [2.24, 2.45) is 0 Å². The van der Waals surface area contributed by atoms with Gasteiger partial charge in [-0.15, -0.1) is 0 Å². The Morgan fingerprint density at radius 2 is 1.27 bits per heavy atom. The van der Waals surface area contributed by atoms with Crippen LogP contribution in [0.3, 0.4) is 0 Å². The number of carbonyl (C=O) groups excluding carboxylic acids is 1. The van der Waals surface area contributed by atoms with Crippen molar-refractivity contribution in [3.8, 4) is 0 Å². The molecule has 0 aliphatic rings. The molecule has 10 heteroatoms. The van der Waals surface area contributed by atoms with Crippen LogP contribution >= 0.6 is 0 Å². The second-order valence-corrected chi connectivity index (χ2v) is 11.7. The lowest BCUT2D eigenvalue weighted by Crippen LogP contribution is -2.17. The zero-order chi connectivity index (χ0) is 26.6. The summed E-state index contributed by atoms with van der Waals surface area (Å²) in [6, 6.07) is 25.6. The Balaban J connectivity index is 1.50. The number of amides is 1. The Bertz CT molecular complexity index is 1650. The molecule has 37 heavy (non-hydrogen) atoms. The molecule has 4 rings (SSSR count). The van der Waals surface area contributed by atoms with Gasteiger partial charge in [0, 0.05) is 16.9 Å². The largest absolute Gasteiger partial charge is 0.322 e. The molecule has 8 nitrogen and oxygen atoms in total. The van der Waals surface area contributed by atoms with Crippen molar-refractivity contribution in [2.45, 2.75) is 23.6 Å². The van der Waals surface area contributed by atoms with Crippen LogP contribution in [-0.4, -0.2) is 22.7 Å². The Morgan fingerprint density at radius 1 is 0.622 bits per heavy atom. The fourth-order valence-electron chi connectivity index (χ4n) is 3.56. The third-order valence-corrected chi connectivity index (χ3v) is 8.48. The average molecular weight is 536 g/mol. The molecule has 0 fully saturated rings. The molecule has 0 aliphatic carbocycles. The van der Waals surface area contributed by atoms with Gasteiger partial charge in [0.1, 0.15) is 0 Å². The smallest absolute Gasteiger partial charge is 0.262 e. The lowest BCUT2D eigenvalue weighted by atomic mass is 10.1. The van der Waals surface area contributed by atoms with Gasteiger partial charge in [0.2, 0.25) is 0 Å². The monoisotopic (exact) mass is 535 g/mol. The summed E-state index contributed by atoms with van der Waals surface area (Å²) in [6.07, 6.45) is 0. The Labute approximate surface area is 216 Å². The molecule has 0 saturated heterocycles. The average Bonchev–Trinajstić information content (AvgIpc) is 2.86. The number of nitrogens with one attached hydrogen (secondary N) is 3. The zero-order valence-electron chi connectivity index (χ0n) is 20.1. The van der Waals surface area contributed by atoms with Gasteiger partial charge in [0.15, 0.2) is 0 Å². The van der Waals surface area contributed by atoms with Crippen LogP contribution in [-0.2, 0) is 20.0 Å². The number of hydrogen-bond acceptors (Lipinski definition) is 5. The Morgan fingerprint density at radius 3 is 1.95 bits per heavy atom. The van der Waals surface area contributed by atoms with Crippen molar-refractivity contribution in [1.82, 2.24) is 0 Å². The molecule has 0 radical (unpaired) electrons. The summed E-state index contributed by atoms with van der Waals surface area (Å²) in [7, 11) is -7.75. The molecule has 0 saturated carbocycles. The standard InChI is InChI=1S/C27H25N3O5S2/c1-19-8-6-7-11-25(19)30-36(32,33)24-16-14-22(15-17-24)28-27(31)21-13-12-20(2)26(18-21)37(34,35)29-23-9-4-3-5-10-23/h3-18,29-30H,1-2H3,(H,28,31). The second kappa shape index (κ2) is 10.5. The van der Waals surface area contributed by atoms with Crippen LogP contribution in [0.15, 0.2) is 107 Å². The Hall–Kier alpha value is -4.15. The number of rotatable bonds is 8. The summed E-state index contributed by atoms with van der Waals surface area (Å²) in [5, 5.41) is 2.67. The van der Waals surface area contributed by atoms with E-state index in [9.17, 15) is 21.6 Å². The van der Waals surface area contributed by atoms with E-state index < -0.39 is 26.0 Å². The van der Waals surface area contributed by atoms with Crippen LogP contribution in [0.1, 0.15) is 21.5 Å². The van der Waals surface area contributed by atoms with Crippen LogP contribution < -0.4 is 14.8 Å². The molecule has 4 aromatic rings. The van der Waals surface area contributed by atoms with E-state index in [4.69, 9.17) is 0 Å². The normalized spacial score (nSPS) is 11.5. The highest BCUT2D eigenvalue weighted by molar-refractivity contribution is 7.93. The number of sulfonamides is 2. The molecule has 0 aliphatic heterocycles. The molecule has 0 heterocycles. The SMILES string of the molecule is Cc1ccccc1NS(=O)(=O)c1ccc(NC(=O)c2ccc(C)c(S(=O)(=O)Nc3ccccc3)c2)cc1. The van der Waals surface area contributed by atoms with Crippen molar-refractivity contribution in [3.05, 3.63) is 114 Å². The minimum atomic E-state index is -3.93. The van der Waals surface area contributed by atoms with E-state index in [0.717, 1.165) is 5.56 Å². The summed E-state index contributed by atoms with van der Waals surface area (Å²) in [5.74, 6) is -0.537. The minimum absolute atomic E-state index is 0.0206. The van der Waals surface area contributed by atoms with Gasteiger partial charge in [-0.05, 0) is 79.6 Å². The summed E-state index contributed by atoms with van der Waals surface area (Å²) in [6.45, 7) is 3.45. The summed E-state index contributed by atoms with van der Waals surface area (Å²) < 4.78 is 56.4. The molecule has 1 amide bonds. The van der Waals surface area contributed by atoms with Gasteiger partial charge in [-0.25, -0.2) is 16.8 Å². The predicted octanol–water partition coefficient (Wildman–Crippen LogP) is 5.16. The van der Waals surface area contributed by atoms with Gasteiger partial charge in [-0.3, -0.25) is 14.2 Å². The topological polar surface area (TPSA) is 121 Å². The molecule has 0 atom stereocenters. The molecular weight excluding hydrogens is 510 g/mol. The number of para-hydroxylation sites is 2. The second-order valence-electron chi connectivity index (χ2n) is 8.35. The van der Waals surface area contributed by atoms with Crippen LogP contribution in [0.2, 0.25) is 0 Å². The summed E-state index contributed by atoms with van der Waals surface area (Å²) >= 11 is 0. The van der Waals surface area contributed by atoms with Crippen LogP contribution in [0.5, 0.6) is 0 Å². The van der Waals surface area contributed by atoms with E-state index in [0.29, 0.717) is 22.6 Å². The van der Waals surface area contributed by atoms with Crippen LogP contribution in [0, 0.1) is 13.8 Å². The lowest BCUT2D eigenvalue weighted by Gasteiger charge is -2.13. The molecule has 0 unspecified atom stereocenters. The third-order valence-electron chi connectivity index (χ3n) is 5.58. The van der Waals surface area contributed by atoms with Crippen molar-refractivity contribution in [1.29, 1.82) is 0 Å². The summed E-state index contributed by atoms with van der Waals surface area (Å²) in [5.41, 5.74) is 2.64. The molecule has 190 valence electrons. The first-order valence-corrected chi connectivity index (χ1v) is 14.2. The first kappa shape index (κ1) is 25.9. The van der Waals surface area contributed by atoms with Gasteiger partial charge in [-0.1, -0.05) is 42.5 Å². The van der Waals surface area contributed by atoms with Crippen molar-refractivity contribution in [2.75, 3.05) is 14.8 Å². The zero-order valence-corrected chi connectivity index (χ0v) is 21.7. The molecule has 4 aromatic carbocycles. The lowest BCUT2D eigenvalue weighted by molar-refractivity contribution is 0.102.